The first-order chi connectivity index (χ1) is 13.6. The van der Waals surface area contributed by atoms with Crippen molar-refractivity contribution in [2.24, 2.45) is 0 Å². The Kier molecular flexibility index (Phi) is 6.54. The average Bonchev–Trinajstić information content (AvgIpc) is 2.73. The molecule has 2 N–H and O–H groups in total. The summed E-state index contributed by atoms with van der Waals surface area (Å²) in [7, 11) is 3.19. The Balaban J connectivity index is 1.55. The van der Waals surface area contributed by atoms with Crippen LogP contribution in [0.15, 0.2) is 45.8 Å². The van der Waals surface area contributed by atoms with E-state index < -0.39 is 0 Å². The van der Waals surface area contributed by atoms with Crippen LogP contribution in [0.2, 0.25) is 0 Å². The van der Waals surface area contributed by atoms with Crippen LogP contribution in [0, 0.1) is 0 Å². The SMILES string of the molecule is CNC(=O)COc1coc(C[NH+]2CCN(c3ccccc3OC)CC2)cc1=O. The number of ether oxygens (including phenoxy) is 2. The largest absolute Gasteiger partial charge is 0.495 e. The van der Waals surface area contributed by atoms with Crippen molar-refractivity contribution < 1.29 is 23.6 Å². The average molecular weight is 388 g/mol. The molecule has 1 aromatic heterocycles. The summed E-state index contributed by atoms with van der Waals surface area (Å²) in [5.41, 5.74) is 0.824. The molecule has 1 aliphatic rings. The van der Waals surface area contributed by atoms with Crippen LogP contribution in [0.25, 0.3) is 0 Å². The van der Waals surface area contributed by atoms with Gasteiger partial charge in [0.15, 0.2) is 12.4 Å². The number of hydrogen-bond acceptors (Lipinski definition) is 6. The van der Waals surface area contributed by atoms with Crippen molar-refractivity contribution in [3.8, 4) is 11.5 Å². The smallest absolute Gasteiger partial charge is 0.257 e. The normalized spacial score (nSPS) is 14.6. The molecule has 2 heterocycles. The van der Waals surface area contributed by atoms with E-state index in [9.17, 15) is 9.59 Å². The zero-order chi connectivity index (χ0) is 19.9. The topological polar surface area (TPSA) is 85.4 Å². The van der Waals surface area contributed by atoms with Gasteiger partial charge in [-0.05, 0) is 12.1 Å². The third-order valence-electron chi connectivity index (χ3n) is 4.81. The third-order valence-corrected chi connectivity index (χ3v) is 4.81. The lowest BCUT2D eigenvalue weighted by Gasteiger charge is -2.34. The van der Waals surface area contributed by atoms with Gasteiger partial charge in [0.25, 0.3) is 5.91 Å². The number of nitrogens with zero attached hydrogens (tertiary/aromatic N) is 1. The van der Waals surface area contributed by atoms with Gasteiger partial charge in [-0.1, -0.05) is 12.1 Å². The van der Waals surface area contributed by atoms with E-state index in [4.69, 9.17) is 13.9 Å². The number of nitrogens with one attached hydrogen (secondary N) is 2. The zero-order valence-corrected chi connectivity index (χ0v) is 16.2. The van der Waals surface area contributed by atoms with Gasteiger partial charge in [0, 0.05) is 13.1 Å². The highest BCUT2D eigenvalue weighted by Crippen LogP contribution is 2.27. The first-order valence-electron chi connectivity index (χ1n) is 9.27. The lowest BCUT2D eigenvalue weighted by molar-refractivity contribution is -0.915. The molecule has 1 saturated heterocycles. The Hall–Kier alpha value is -3.00. The monoisotopic (exact) mass is 388 g/mol. The second-order valence-corrected chi connectivity index (χ2v) is 6.62. The Morgan fingerprint density at radius 1 is 1.25 bits per heavy atom. The predicted molar refractivity (Wildman–Crippen MR) is 104 cm³/mol. The number of hydrogen-bond donors (Lipinski definition) is 2. The summed E-state index contributed by atoms with van der Waals surface area (Å²) in [6.45, 7) is 4.06. The fourth-order valence-corrected chi connectivity index (χ4v) is 3.23. The molecular weight excluding hydrogens is 362 g/mol. The summed E-state index contributed by atoms with van der Waals surface area (Å²) < 4.78 is 16.2. The second-order valence-electron chi connectivity index (χ2n) is 6.62. The summed E-state index contributed by atoms with van der Waals surface area (Å²) in [6, 6.07) is 9.46. The Labute approximate surface area is 163 Å². The number of para-hydroxylation sites is 2. The van der Waals surface area contributed by atoms with E-state index >= 15 is 0 Å². The first-order valence-corrected chi connectivity index (χ1v) is 9.27. The minimum Gasteiger partial charge on any atom is -0.495 e. The highest BCUT2D eigenvalue weighted by atomic mass is 16.5. The standard InChI is InChI=1S/C20H25N3O5/c1-21-20(25)14-28-19-13-27-15(11-17(19)24)12-22-7-9-23(10-8-22)16-5-3-4-6-18(16)26-2/h3-6,11,13H,7-10,12,14H2,1-2H3,(H,21,25)/p+1. The van der Waals surface area contributed by atoms with Crippen molar-refractivity contribution in [2.45, 2.75) is 6.54 Å². The molecule has 2 aromatic rings. The number of carbonyl (C=O) groups excluding carboxylic acids is 1. The van der Waals surface area contributed by atoms with Gasteiger partial charge < -0.3 is 29.0 Å². The number of anilines is 1. The van der Waals surface area contributed by atoms with Crippen molar-refractivity contribution in [3.63, 3.8) is 0 Å². The molecule has 8 heteroatoms. The molecule has 0 bridgehead atoms. The molecule has 0 unspecified atom stereocenters. The summed E-state index contributed by atoms with van der Waals surface area (Å²) in [4.78, 5) is 27.0. The van der Waals surface area contributed by atoms with Crippen molar-refractivity contribution in [1.82, 2.24) is 5.32 Å². The van der Waals surface area contributed by atoms with Crippen LogP contribution in [0.4, 0.5) is 5.69 Å². The minimum absolute atomic E-state index is 0.0448. The maximum Gasteiger partial charge on any atom is 0.257 e. The van der Waals surface area contributed by atoms with Crippen molar-refractivity contribution in [1.29, 1.82) is 0 Å². The quantitative estimate of drug-likeness (QED) is 0.676. The Bertz CT molecular complexity index is 859. The van der Waals surface area contributed by atoms with Gasteiger partial charge in [-0.25, -0.2) is 0 Å². The number of piperazine rings is 1. The molecule has 0 atom stereocenters. The number of carbonyl (C=O) groups is 1. The van der Waals surface area contributed by atoms with Gasteiger partial charge in [0.05, 0.1) is 39.0 Å². The van der Waals surface area contributed by atoms with Crippen LogP contribution >= 0.6 is 0 Å². The Morgan fingerprint density at radius 3 is 2.68 bits per heavy atom. The van der Waals surface area contributed by atoms with Crippen LogP contribution < -0.4 is 30.0 Å². The number of benzene rings is 1. The number of rotatable bonds is 7. The summed E-state index contributed by atoms with van der Waals surface area (Å²) in [5.74, 6) is 1.23. The molecule has 28 heavy (non-hydrogen) atoms. The highest BCUT2D eigenvalue weighted by molar-refractivity contribution is 5.77. The van der Waals surface area contributed by atoms with Gasteiger partial charge >= 0.3 is 0 Å². The fourth-order valence-electron chi connectivity index (χ4n) is 3.23. The van der Waals surface area contributed by atoms with Gasteiger partial charge in [-0.15, -0.1) is 0 Å². The van der Waals surface area contributed by atoms with Crippen LogP contribution in [0.1, 0.15) is 5.76 Å². The molecule has 1 aliphatic heterocycles. The fraction of sp³-hybridized carbons (Fsp3) is 0.400. The number of methoxy groups -OCH3 is 1. The number of quaternary nitrogens is 1. The van der Waals surface area contributed by atoms with Crippen molar-refractivity contribution in [3.05, 3.63) is 52.6 Å². The molecule has 0 aliphatic carbocycles. The van der Waals surface area contributed by atoms with Crippen molar-refractivity contribution >= 4 is 11.6 Å². The van der Waals surface area contributed by atoms with Gasteiger partial charge in [0.1, 0.15) is 18.6 Å². The molecule has 3 rings (SSSR count). The van der Waals surface area contributed by atoms with E-state index in [0.29, 0.717) is 12.3 Å². The Morgan fingerprint density at radius 2 is 2.00 bits per heavy atom. The van der Waals surface area contributed by atoms with E-state index in [1.807, 2.05) is 18.2 Å². The van der Waals surface area contributed by atoms with E-state index in [2.05, 4.69) is 16.3 Å². The van der Waals surface area contributed by atoms with Crippen molar-refractivity contribution in [2.75, 3.05) is 51.8 Å². The van der Waals surface area contributed by atoms with E-state index in [1.165, 1.54) is 24.3 Å². The van der Waals surface area contributed by atoms with Crippen LogP contribution in [0.3, 0.4) is 0 Å². The summed E-state index contributed by atoms with van der Waals surface area (Å²) >= 11 is 0. The predicted octanol–water partition coefficient (Wildman–Crippen LogP) is -0.322. The maximum atomic E-state index is 12.1. The summed E-state index contributed by atoms with van der Waals surface area (Å²) in [5, 5.41) is 2.43. The minimum atomic E-state index is -0.305. The van der Waals surface area contributed by atoms with Crippen LogP contribution in [-0.2, 0) is 11.3 Å². The molecule has 1 fully saturated rings. The molecular formula is C20H26N3O5+. The molecule has 0 radical (unpaired) electrons. The molecule has 1 amide bonds. The highest BCUT2D eigenvalue weighted by Gasteiger charge is 2.23. The van der Waals surface area contributed by atoms with Crippen LogP contribution in [-0.4, -0.2) is 52.9 Å². The van der Waals surface area contributed by atoms with E-state index in [-0.39, 0.29) is 23.7 Å². The first kappa shape index (κ1) is 19.8. The lowest BCUT2D eigenvalue weighted by Crippen LogP contribution is -3.13. The molecule has 0 spiro atoms. The molecule has 150 valence electrons. The maximum absolute atomic E-state index is 12.1. The number of amides is 1. The zero-order valence-electron chi connectivity index (χ0n) is 16.2. The molecule has 1 aromatic carbocycles. The molecule has 8 nitrogen and oxygen atoms in total. The number of likely N-dealkylation sites (N-methyl/N-ethyl adjacent to an activating group) is 1. The lowest BCUT2D eigenvalue weighted by atomic mass is 10.2. The summed E-state index contributed by atoms with van der Waals surface area (Å²) in [6.07, 6.45) is 1.28. The van der Waals surface area contributed by atoms with Crippen LogP contribution in [0.5, 0.6) is 11.5 Å². The van der Waals surface area contributed by atoms with Gasteiger partial charge in [-0.3, -0.25) is 9.59 Å². The van der Waals surface area contributed by atoms with E-state index in [1.54, 1.807) is 7.11 Å². The van der Waals surface area contributed by atoms with Gasteiger partial charge in [0.2, 0.25) is 11.2 Å². The second kappa shape index (κ2) is 9.27. The molecule has 0 saturated carbocycles. The van der Waals surface area contributed by atoms with Gasteiger partial charge in [-0.2, -0.15) is 0 Å². The third kappa shape index (κ3) is 4.83. The van der Waals surface area contributed by atoms with E-state index in [0.717, 1.165) is 37.6 Å².